The van der Waals surface area contributed by atoms with Gasteiger partial charge in [0.1, 0.15) is 0 Å². The molecule has 0 aromatic rings. The first kappa shape index (κ1) is 4.09. The van der Waals surface area contributed by atoms with Crippen molar-refractivity contribution in [3.8, 4) is 0 Å². The third-order valence-electron chi connectivity index (χ3n) is 0.970. The summed E-state index contributed by atoms with van der Waals surface area (Å²) in [6.45, 7) is 1.44. The molecule has 1 heterocycles. The third kappa shape index (κ3) is 0.954. The summed E-state index contributed by atoms with van der Waals surface area (Å²) in [5.41, 5.74) is 0. The van der Waals surface area contributed by atoms with Crippen LogP contribution >= 0.6 is 0 Å². The topological polar surface area (TPSA) is 42.2 Å². The van der Waals surface area contributed by atoms with E-state index in [0.717, 1.165) is 13.0 Å². The zero-order chi connectivity index (χ0) is 4.41. The average Bonchev–Trinajstić information content (AvgIpc) is 2.21. The first-order chi connectivity index (χ1) is 2.93. The Morgan fingerprint density at radius 3 is 2.67 bits per heavy atom. The smallest absolute Gasteiger partial charge is 0.0446 e. The van der Waals surface area contributed by atoms with Gasteiger partial charge < -0.3 is 10.4 Å². The lowest BCUT2D eigenvalue weighted by Gasteiger charge is -1.81. The highest BCUT2D eigenvalue weighted by molar-refractivity contribution is 4.81. The van der Waals surface area contributed by atoms with E-state index in [9.17, 15) is 0 Å². The summed E-state index contributed by atoms with van der Waals surface area (Å²) in [6, 6.07) is 0.648. The van der Waals surface area contributed by atoms with Gasteiger partial charge in [0, 0.05) is 19.2 Å². The van der Waals surface area contributed by atoms with Crippen molar-refractivity contribution in [2.75, 3.05) is 13.2 Å². The van der Waals surface area contributed by atoms with Crippen molar-refractivity contribution in [3.05, 3.63) is 0 Å². The molecule has 1 atom stereocenters. The van der Waals surface area contributed by atoms with Crippen molar-refractivity contribution in [2.24, 2.45) is 0 Å². The van der Waals surface area contributed by atoms with E-state index >= 15 is 0 Å². The van der Waals surface area contributed by atoms with Crippen LogP contribution in [-0.4, -0.2) is 24.3 Å². The molecule has 1 aliphatic rings. The van der Waals surface area contributed by atoms with Crippen LogP contribution < -0.4 is 5.32 Å². The highest BCUT2D eigenvalue weighted by Gasteiger charge is 2.17. The second kappa shape index (κ2) is 1.58. The lowest BCUT2D eigenvalue weighted by molar-refractivity contribution is 0.288. The van der Waals surface area contributed by atoms with Crippen molar-refractivity contribution in [1.82, 2.24) is 5.32 Å². The van der Waals surface area contributed by atoms with E-state index in [2.05, 4.69) is 5.32 Å². The molecular weight excluding hydrogens is 78.0 g/mol. The molecule has 0 unspecified atom stereocenters. The van der Waals surface area contributed by atoms with Gasteiger partial charge >= 0.3 is 0 Å². The number of hydrogen-bond acceptors (Lipinski definition) is 2. The Balaban J connectivity index is 1.88. The minimum Gasteiger partial charge on any atom is -0.396 e. The van der Waals surface area contributed by atoms with Crippen LogP contribution in [0.25, 0.3) is 0 Å². The zero-order valence-electron chi connectivity index (χ0n) is 3.65. The molecule has 1 rings (SSSR count). The molecule has 0 saturated carbocycles. The number of aliphatic hydroxyl groups is 1. The third-order valence-corrected chi connectivity index (χ3v) is 0.970. The van der Waals surface area contributed by atoms with E-state index in [1.807, 2.05) is 0 Å². The zero-order valence-corrected chi connectivity index (χ0v) is 3.65. The van der Waals surface area contributed by atoms with E-state index in [1.165, 1.54) is 0 Å². The lowest BCUT2D eigenvalue weighted by Crippen LogP contribution is -1.92. The summed E-state index contributed by atoms with van der Waals surface area (Å²) in [4.78, 5) is 0. The van der Waals surface area contributed by atoms with E-state index < -0.39 is 0 Å². The van der Waals surface area contributed by atoms with Crippen molar-refractivity contribution in [3.63, 3.8) is 0 Å². The molecule has 1 saturated heterocycles. The van der Waals surface area contributed by atoms with Gasteiger partial charge in [0.05, 0.1) is 0 Å². The molecule has 0 bridgehead atoms. The molecule has 36 valence electrons. The minimum absolute atomic E-state index is 0.331. The molecule has 0 aliphatic carbocycles. The second-order valence-electron chi connectivity index (χ2n) is 1.62. The fourth-order valence-electron chi connectivity index (χ4n) is 0.443. The number of hydrogen-bond donors (Lipinski definition) is 2. The van der Waals surface area contributed by atoms with Crippen molar-refractivity contribution < 1.29 is 5.11 Å². The molecular formula is C4H9NO. The largest absolute Gasteiger partial charge is 0.396 e. The lowest BCUT2D eigenvalue weighted by atomic mass is 10.3. The van der Waals surface area contributed by atoms with Crippen molar-refractivity contribution in [2.45, 2.75) is 12.5 Å². The van der Waals surface area contributed by atoms with Crippen LogP contribution in [0.15, 0.2) is 0 Å². The summed E-state index contributed by atoms with van der Waals surface area (Å²) in [7, 11) is 0. The summed E-state index contributed by atoms with van der Waals surface area (Å²) in [6.07, 6.45) is 0.931. The maximum atomic E-state index is 8.24. The van der Waals surface area contributed by atoms with Gasteiger partial charge in [0.15, 0.2) is 0 Å². The van der Waals surface area contributed by atoms with Crippen molar-refractivity contribution in [1.29, 1.82) is 0 Å². The number of nitrogens with one attached hydrogen (secondary N) is 1. The molecule has 6 heavy (non-hydrogen) atoms. The molecule has 1 aliphatic heterocycles. The molecule has 0 spiro atoms. The Bertz CT molecular complexity index is 42.8. The molecule has 2 heteroatoms. The van der Waals surface area contributed by atoms with Crippen LogP contribution in [0.3, 0.4) is 0 Å². The normalized spacial score (nSPS) is 30.5. The predicted molar refractivity (Wildman–Crippen MR) is 23.5 cm³/mol. The van der Waals surface area contributed by atoms with Crippen molar-refractivity contribution >= 4 is 0 Å². The van der Waals surface area contributed by atoms with Gasteiger partial charge in [0.2, 0.25) is 0 Å². The molecule has 0 aromatic carbocycles. The Kier molecular flexibility index (Phi) is 1.08. The number of rotatable bonds is 2. The maximum absolute atomic E-state index is 8.24. The Morgan fingerprint density at radius 2 is 2.50 bits per heavy atom. The van der Waals surface area contributed by atoms with Crippen LogP contribution in [0, 0.1) is 0 Å². The second-order valence-corrected chi connectivity index (χ2v) is 1.62. The monoisotopic (exact) mass is 87.1 g/mol. The van der Waals surface area contributed by atoms with Gasteiger partial charge in [0.25, 0.3) is 0 Å². The molecule has 2 N–H and O–H groups in total. The van der Waals surface area contributed by atoms with E-state index in [4.69, 9.17) is 5.11 Å². The molecule has 0 aromatic heterocycles. The van der Waals surface area contributed by atoms with E-state index in [1.54, 1.807) is 0 Å². The predicted octanol–water partition coefficient (Wildman–Crippen LogP) is -0.659. The molecule has 2 nitrogen and oxygen atoms in total. The minimum atomic E-state index is 0.331. The van der Waals surface area contributed by atoms with Gasteiger partial charge in [-0.3, -0.25) is 0 Å². The fourth-order valence-corrected chi connectivity index (χ4v) is 0.443. The van der Waals surface area contributed by atoms with Crippen LogP contribution in [0.1, 0.15) is 6.42 Å². The van der Waals surface area contributed by atoms with E-state index in [-0.39, 0.29) is 0 Å². The van der Waals surface area contributed by atoms with Gasteiger partial charge in [-0.2, -0.15) is 0 Å². The fraction of sp³-hybridized carbons (Fsp3) is 1.00. The van der Waals surface area contributed by atoms with Gasteiger partial charge in [-0.1, -0.05) is 0 Å². The standard InChI is InChI=1S/C4H9NO/c6-2-1-4-3-5-4/h4-6H,1-3H2/t4-/m0/s1. The first-order valence-corrected chi connectivity index (χ1v) is 2.27. The molecule has 0 radical (unpaired) electrons. The van der Waals surface area contributed by atoms with Gasteiger partial charge in [-0.15, -0.1) is 0 Å². The maximum Gasteiger partial charge on any atom is 0.0446 e. The van der Waals surface area contributed by atoms with Gasteiger partial charge in [-0.05, 0) is 6.42 Å². The quantitative estimate of drug-likeness (QED) is 0.439. The number of aliphatic hydroxyl groups excluding tert-OH is 1. The summed E-state index contributed by atoms with van der Waals surface area (Å²) >= 11 is 0. The first-order valence-electron chi connectivity index (χ1n) is 2.27. The Hall–Kier alpha value is -0.0800. The highest BCUT2D eigenvalue weighted by Crippen LogP contribution is 1.99. The summed E-state index contributed by atoms with van der Waals surface area (Å²) in [5.74, 6) is 0. The van der Waals surface area contributed by atoms with E-state index in [0.29, 0.717) is 12.6 Å². The average molecular weight is 87.1 g/mol. The SMILES string of the molecule is OCC[C@H]1CN1. The summed E-state index contributed by atoms with van der Waals surface area (Å²) in [5, 5.41) is 11.3. The van der Waals surface area contributed by atoms with Crippen LogP contribution in [0.4, 0.5) is 0 Å². The van der Waals surface area contributed by atoms with Gasteiger partial charge in [-0.25, -0.2) is 0 Å². The molecule has 0 amide bonds. The van der Waals surface area contributed by atoms with Crippen LogP contribution in [0.2, 0.25) is 0 Å². The highest BCUT2D eigenvalue weighted by atomic mass is 16.3. The van der Waals surface area contributed by atoms with Crippen LogP contribution in [-0.2, 0) is 0 Å². The Labute approximate surface area is 37.2 Å². The van der Waals surface area contributed by atoms with Crippen LogP contribution in [0.5, 0.6) is 0 Å². The molecule has 1 fully saturated rings. The Morgan fingerprint density at radius 1 is 1.83 bits per heavy atom. The summed E-state index contributed by atoms with van der Waals surface area (Å²) < 4.78 is 0.